The minimum Gasteiger partial charge on any atom is -0.497 e. The van der Waals surface area contributed by atoms with Crippen LogP contribution in [-0.2, 0) is 6.54 Å². The van der Waals surface area contributed by atoms with Crippen LogP contribution in [0.25, 0.3) is 0 Å². The van der Waals surface area contributed by atoms with Gasteiger partial charge in [-0.1, -0.05) is 19.1 Å². The van der Waals surface area contributed by atoms with E-state index in [1.165, 1.54) is 5.56 Å². The molecule has 0 aliphatic carbocycles. The van der Waals surface area contributed by atoms with Gasteiger partial charge in [-0.3, -0.25) is 9.88 Å². The first-order valence-corrected chi connectivity index (χ1v) is 7.23. The van der Waals surface area contributed by atoms with Gasteiger partial charge in [-0.2, -0.15) is 0 Å². The van der Waals surface area contributed by atoms with Gasteiger partial charge in [0.25, 0.3) is 0 Å². The molecular weight excluding hydrogens is 262 g/mol. The van der Waals surface area contributed by atoms with E-state index >= 15 is 0 Å². The molecule has 2 N–H and O–H groups in total. The summed E-state index contributed by atoms with van der Waals surface area (Å²) in [5.74, 6) is 0.847. The third-order valence-electron chi connectivity index (χ3n) is 3.58. The van der Waals surface area contributed by atoms with Crippen LogP contribution >= 0.6 is 0 Å². The van der Waals surface area contributed by atoms with Crippen molar-refractivity contribution in [2.45, 2.75) is 19.5 Å². The van der Waals surface area contributed by atoms with E-state index in [0.717, 1.165) is 30.9 Å². The van der Waals surface area contributed by atoms with Gasteiger partial charge in [-0.25, -0.2) is 0 Å². The first-order chi connectivity index (χ1) is 10.2. The third-order valence-corrected chi connectivity index (χ3v) is 3.58. The van der Waals surface area contributed by atoms with E-state index in [0.29, 0.717) is 0 Å². The molecule has 0 aliphatic heterocycles. The van der Waals surface area contributed by atoms with Crippen molar-refractivity contribution in [1.29, 1.82) is 0 Å². The van der Waals surface area contributed by atoms with Crippen LogP contribution in [-0.4, -0.2) is 30.1 Å². The summed E-state index contributed by atoms with van der Waals surface area (Å²) in [4.78, 5) is 6.38. The van der Waals surface area contributed by atoms with Crippen molar-refractivity contribution in [1.82, 2.24) is 9.88 Å². The Balaban J connectivity index is 2.00. The maximum Gasteiger partial charge on any atom is 0.119 e. The Labute approximate surface area is 126 Å². The molecule has 2 aromatic rings. The number of hydrogen-bond donors (Lipinski definition) is 1. The van der Waals surface area contributed by atoms with Crippen molar-refractivity contribution in [3.8, 4) is 5.75 Å². The van der Waals surface area contributed by atoms with Crippen molar-refractivity contribution < 1.29 is 4.74 Å². The summed E-state index contributed by atoms with van der Waals surface area (Å²) in [5, 5.41) is 0. The van der Waals surface area contributed by atoms with Crippen LogP contribution in [0.5, 0.6) is 5.75 Å². The topological polar surface area (TPSA) is 51.4 Å². The molecule has 1 atom stereocenters. The zero-order valence-electron chi connectivity index (χ0n) is 12.7. The molecule has 0 amide bonds. The Morgan fingerprint density at radius 2 is 2.00 bits per heavy atom. The molecule has 0 radical (unpaired) electrons. The predicted octanol–water partition coefficient (Wildman–Crippen LogP) is 2.61. The van der Waals surface area contributed by atoms with Crippen LogP contribution in [0.1, 0.15) is 24.1 Å². The summed E-state index contributed by atoms with van der Waals surface area (Å²) in [6.07, 6.45) is 3.65. The van der Waals surface area contributed by atoms with Gasteiger partial charge in [-0.05, 0) is 41.9 Å². The number of methoxy groups -OCH3 is 1. The Kier molecular flexibility index (Phi) is 5.72. The van der Waals surface area contributed by atoms with Gasteiger partial charge in [-0.15, -0.1) is 0 Å². The van der Waals surface area contributed by atoms with Gasteiger partial charge < -0.3 is 10.5 Å². The maximum absolute atomic E-state index is 6.34. The molecule has 4 nitrogen and oxygen atoms in total. The van der Waals surface area contributed by atoms with E-state index in [9.17, 15) is 0 Å². The van der Waals surface area contributed by atoms with Gasteiger partial charge in [0.15, 0.2) is 0 Å². The van der Waals surface area contributed by atoms with E-state index in [1.807, 2.05) is 48.8 Å². The fourth-order valence-corrected chi connectivity index (χ4v) is 2.31. The fourth-order valence-electron chi connectivity index (χ4n) is 2.31. The lowest BCUT2D eigenvalue weighted by Gasteiger charge is -2.24. The zero-order chi connectivity index (χ0) is 15.1. The molecule has 0 fully saturated rings. The predicted molar refractivity (Wildman–Crippen MR) is 85.1 cm³/mol. The highest BCUT2D eigenvalue weighted by Gasteiger charge is 2.12. The second-order valence-corrected chi connectivity index (χ2v) is 5.07. The van der Waals surface area contributed by atoms with Crippen LogP contribution < -0.4 is 10.5 Å². The molecule has 112 valence electrons. The first kappa shape index (κ1) is 15.5. The Morgan fingerprint density at radius 1 is 1.24 bits per heavy atom. The van der Waals surface area contributed by atoms with Crippen molar-refractivity contribution in [3.05, 3.63) is 59.9 Å². The molecule has 0 saturated heterocycles. The lowest BCUT2D eigenvalue weighted by atomic mass is 10.1. The summed E-state index contributed by atoms with van der Waals surface area (Å²) in [6.45, 7) is 4.81. The molecule has 0 saturated carbocycles. The highest BCUT2D eigenvalue weighted by Crippen LogP contribution is 2.19. The molecule has 4 heteroatoms. The molecule has 0 aliphatic rings. The first-order valence-electron chi connectivity index (χ1n) is 7.23. The number of nitrogens with two attached hydrogens (primary N) is 1. The Hall–Kier alpha value is -1.91. The summed E-state index contributed by atoms with van der Waals surface area (Å²) < 4.78 is 5.26. The number of rotatable bonds is 7. The molecule has 1 aromatic carbocycles. The van der Waals surface area contributed by atoms with E-state index < -0.39 is 0 Å². The fraction of sp³-hybridized carbons (Fsp3) is 0.353. The van der Waals surface area contributed by atoms with Gasteiger partial charge in [0.2, 0.25) is 0 Å². The highest BCUT2D eigenvalue weighted by molar-refractivity contribution is 5.30. The average Bonchev–Trinajstić information content (AvgIpc) is 2.55. The van der Waals surface area contributed by atoms with Crippen LogP contribution in [0.15, 0.2) is 48.8 Å². The second-order valence-electron chi connectivity index (χ2n) is 5.07. The molecule has 0 spiro atoms. The largest absolute Gasteiger partial charge is 0.497 e. The number of pyridine rings is 1. The molecule has 0 bridgehead atoms. The minimum atomic E-state index is -0.0260. The smallest absolute Gasteiger partial charge is 0.119 e. The summed E-state index contributed by atoms with van der Waals surface area (Å²) in [7, 11) is 1.67. The molecule has 1 unspecified atom stereocenters. The lowest BCUT2D eigenvalue weighted by Crippen LogP contribution is -2.31. The number of ether oxygens (including phenoxy) is 1. The average molecular weight is 285 g/mol. The number of hydrogen-bond acceptors (Lipinski definition) is 4. The number of likely N-dealkylation sites (N-methyl/N-ethyl adjacent to an activating group) is 1. The van der Waals surface area contributed by atoms with Gasteiger partial charge in [0.05, 0.1) is 7.11 Å². The third kappa shape index (κ3) is 4.55. The molecular formula is C17H23N3O. The lowest BCUT2D eigenvalue weighted by molar-refractivity contribution is 0.262. The van der Waals surface area contributed by atoms with Gasteiger partial charge in [0, 0.05) is 31.5 Å². The molecule has 1 heterocycles. The minimum absolute atomic E-state index is 0.0260. The second kappa shape index (κ2) is 7.76. The Bertz CT molecular complexity index is 545. The van der Waals surface area contributed by atoms with Gasteiger partial charge in [0.1, 0.15) is 5.75 Å². The number of aromatic nitrogens is 1. The van der Waals surface area contributed by atoms with Crippen molar-refractivity contribution in [2.75, 3.05) is 20.2 Å². The van der Waals surface area contributed by atoms with Crippen LogP contribution in [0.2, 0.25) is 0 Å². The molecule has 2 rings (SSSR count). The van der Waals surface area contributed by atoms with E-state index in [-0.39, 0.29) is 6.04 Å². The summed E-state index contributed by atoms with van der Waals surface area (Å²) >= 11 is 0. The molecule has 1 aromatic heterocycles. The summed E-state index contributed by atoms with van der Waals surface area (Å²) in [6, 6.07) is 12.0. The van der Waals surface area contributed by atoms with Gasteiger partial charge >= 0.3 is 0 Å². The van der Waals surface area contributed by atoms with Crippen LogP contribution in [0.3, 0.4) is 0 Å². The summed E-state index contributed by atoms with van der Waals surface area (Å²) in [5.41, 5.74) is 8.69. The highest BCUT2D eigenvalue weighted by atomic mass is 16.5. The van der Waals surface area contributed by atoms with Crippen molar-refractivity contribution in [3.63, 3.8) is 0 Å². The van der Waals surface area contributed by atoms with E-state index in [1.54, 1.807) is 7.11 Å². The maximum atomic E-state index is 6.34. The van der Waals surface area contributed by atoms with Crippen LogP contribution in [0.4, 0.5) is 0 Å². The number of nitrogens with zero attached hydrogens (tertiary/aromatic N) is 2. The quantitative estimate of drug-likeness (QED) is 0.849. The Morgan fingerprint density at radius 3 is 2.67 bits per heavy atom. The SMILES string of the molecule is CCN(Cc1ccncc1)CC(N)c1cccc(OC)c1. The zero-order valence-corrected chi connectivity index (χ0v) is 12.7. The normalized spacial score (nSPS) is 12.4. The van der Waals surface area contributed by atoms with E-state index in [2.05, 4.69) is 16.8 Å². The van der Waals surface area contributed by atoms with Crippen LogP contribution in [0, 0.1) is 0 Å². The monoisotopic (exact) mass is 285 g/mol. The van der Waals surface area contributed by atoms with E-state index in [4.69, 9.17) is 10.5 Å². The standard InChI is InChI=1S/C17H23N3O/c1-3-20(12-14-7-9-19-10-8-14)13-17(18)15-5-4-6-16(11-15)21-2/h4-11,17H,3,12-13,18H2,1-2H3. The molecule has 21 heavy (non-hydrogen) atoms. The van der Waals surface area contributed by atoms with Crippen molar-refractivity contribution in [2.24, 2.45) is 5.73 Å². The number of benzene rings is 1. The van der Waals surface area contributed by atoms with Crippen molar-refractivity contribution >= 4 is 0 Å².